The fraction of sp³-hybridized carbons (Fsp3) is 0.300. The van der Waals surface area contributed by atoms with E-state index in [-0.39, 0.29) is 11.3 Å². The minimum absolute atomic E-state index is 0.0232. The molecule has 1 atom stereocenters. The van der Waals surface area contributed by atoms with Gasteiger partial charge in [-0.05, 0) is 28.1 Å². The topological polar surface area (TPSA) is 20.3 Å². The number of hydrogen-bond acceptors (Lipinski definition) is 1. The van der Waals surface area contributed by atoms with Gasteiger partial charge >= 0.3 is 0 Å². The average molecular weight is 343 g/mol. The van der Waals surface area contributed by atoms with E-state index in [2.05, 4.69) is 15.9 Å². The van der Waals surface area contributed by atoms with E-state index in [9.17, 15) is 4.79 Å². The van der Waals surface area contributed by atoms with Crippen molar-refractivity contribution in [2.24, 2.45) is 0 Å². The Morgan fingerprint density at radius 3 is 2.56 bits per heavy atom. The van der Waals surface area contributed by atoms with Crippen molar-refractivity contribution in [3.05, 3.63) is 26.7 Å². The van der Waals surface area contributed by atoms with Gasteiger partial charge < -0.3 is 4.90 Å². The highest BCUT2D eigenvalue weighted by Gasteiger charge is 2.31. The highest BCUT2D eigenvalue weighted by atomic mass is 79.9. The average Bonchev–Trinajstić information content (AvgIpc) is 2.43. The van der Waals surface area contributed by atoms with Crippen LogP contribution in [0.5, 0.6) is 0 Å². The smallest absolute Gasteiger partial charge is 0.228 e. The van der Waals surface area contributed by atoms with Crippen LogP contribution in [0.15, 0.2) is 16.6 Å². The molecular weight excluding hydrogens is 336 g/mol. The van der Waals surface area contributed by atoms with E-state index in [0.29, 0.717) is 33.2 Å². The van der Waals surface area contributed by atoms with Crippen LogP contribution in [0.4, 0.5) is 5.69 Å². The highest BCUT2D eigenvalue weighted by molar-refractivity contribution is 9.10. The second-order valence-corrected chi connectivity index (χ2v) is 5.84. The first-order valence-corrected chi connectivity index (χ1v) is 6.56. The van der Waals surface area contributed by atoms with E-state index in [1.165, 1.54) is 0 Å². The van der Waals surface area contributed by atoms with Gasteiger partial charge in [-0.15, -0.1) is 11.6 Å². The largest absolute Gasteiger partial charge is 0.308 e. The Balaban J connectivity index is 2.44. The molecular formula is C10H7BrCl3NO. The minimum atomic E-state index is -0.161. The Kier molecular flexibility index (Phi) is 3.69. The lowest BCUT2D eigenvalue weighted by Crippen LogP contribution is -2.25. The van der Waals surface area contributed by atoms with Gasteiger partial charge in [0.1, 0.15) is 0 Å². The van der Waals surface area contributed by atoms with Crippen molar-refractivity contribution < 1.29 is 4.79 Å². The molecule has 1 unspecified atom stereocenters. The van der Waals surface area contributed by atoms with Gasteiger partial charge in [-0.25, -0.2) is 0 Å². The molecule has 0 bridgehead atoms. The van der Waals surface area contributed by atoms with Gasteiger partial charge in [-0.1, -0.05) is 23.2 Å². The number of amides is 1. The number of rotatable bonds is 1. The first kappa shape index (κ1) is 12.5. The summed E-state index contributed by atoms with van der Waals surface area (Å²) in [5, 5.41) is 0.805. The van der Waals surface area contributed by atoms with Crippen LogP contribution in [0.2, 0.25) is 10.0 Å². The third-order valence-electron chi connectivity index (χ3n) is 2.33. The van der Waals surface area contributed by atoms with Crippen molar-refractivity contribution in [2.45, 2.75) is 11.8 Å². The Bertz CT molecular complexity index is 429. The van der Waals surface area contributed by atoms with E-state index in [4.69, 9.17) is 34.8 Å². The molecule has 16 heavy (non-hydrogen) atoms. The first-order chi connectivity index (χ1) is 7.49. The summed E-state index contributed by atoms with van der Waals surface area (Å²) in [5.74, 6) is -0.0232. The summed E-state index contributed by atoms with van der Waals surface area (Å²) in [6, 6.07) is 3.32. The van der Waals surface area contributed by atoms with Gasteiger partial charge in [0.15, 0.2) is 0 Å². The van der Waals surface area contributed by atoms with Crippen LogP contribution in [0, 0.1) is 0 Å². The van der Waals surface area contributed by atoms with E-state index in [1.54, 1.807) is 17.0 Å². The van der Waals surface area contributed by atoms with E-state index >= 15 is 0 Å². The van der Waals surface area contributed by atoms with Crippen LogP contribution >= 0.6 is 50.7 Å². The molecule has 1 aromatic rings. The maximum atomic E-state index is 11.7. The highest BCUT2D eigenvalue weighted by Crippen LogP contribution is 2.39. The zero-order valence-corrected chi connectivity index (χ0v) is 11.9. The molecule has 0 spiro atoms. The number of benzene rings is 1. The lowest BCUT2D eigenvalue weighted by atomic mass is 10.3. The first-order valence-electron chi connectivity index (χ1n) is 4.58. The maximum Gasteiger partial charge on any atom is 0.228 e. The number of alkyl halides is 1. The Morgan fingerprint density at radius 2 is 2.06 bits per heavy atom. The van der Waals surface area contributed by atoms with E-state index < -0.39 is 0 Å². The van der Waals surface area contributed by atoms with Crippen molar-refractivity contribution in [2.75, 3.05) is 11.4 Å². The SMILES string of the molecule is O=C1CC(Cl)CN1c1c(Cl)cc(Cl)cc1Br. The van der Waals surface area contributed by atoms with Gasteiger partial charge in [-0.3, -0.25) is 4.79 Å². The fourth-order valence-electron chi connectivity index (χ4n) is 1.67. The third kappa shape index (κ3) is 2.33. The predicted molar refractivity (Wildman–Crippen MR) is 70.8 cm³/mol. The molecule has 1 fully saturated rings. The summed E-state index contributed by atoms with van der Waals surface area (Å²) >= 11 is 21.2. The van der Waals surface area contributed by atoms with Crippen LogP contribution in [0.1, 0.15) is 6.42 Å². The Hall–Kier alpha value is 0.0400. The fourth-order valence-corrected chi connectivity index (χ4v) is 3.46. The molecule has 6 heteroatoms. The normalized spacial score (nSPS) is 20.6. The zero-order chi connectivity index (χ0) is 11.9. The predicted octanol–water partition coefficient (Wildman–Crippen LogP) is 4.10. The van der Waals surface area contributed by atoms with Gasteiger partial charge in [-0.2, -0.15) is 0 Å². The van der Waals surface area contributed by atoms with Gasteiger partial charge in [0.05, 0.1) is 16.1 Å². The molecule has 1 amide bonds. The number of halogens is 4. The summed E-state index contributed by atoms with van der Waals surface area (Å²) < 4.78 is 0.698. The molecule has 0 N–H and O–H groups in total. The number of nitrogens with zero attached hydrogens (tertiary/aromatic N) is 1. The molecule has 86 valence electrons. The molecule has 2 rings (SSSR count). The van der Waals surface area contributed by atoms with E-state index in [1.807, 2.05) is 0 Å². The molecule has 0 saturated carbocycles. The Labute approximate surface area is 117 Å². The quantitative estimate of drug-likeness (QED) is 0.703. The lowest BCUT2D eigenvalue weighted by Gasteiger charge is -2.19. The standard InChI is InChI=1S/C10H7BrCl3NO/c11-7-1-5(12)2-8(14)10(7)15-4-6(13)3-9(15)16/h1-2,6H,3-4H2. The number of hydrogen-bond donors (Lipinski definition) is 0. The van der Waals surface area contributed by atoms with Crippen molar-refractivity contribution in [1.29, 1.82) is 0 Å². The van der Waals surface area contributed by atoms with Crippen LogP contribution in [0.25, 0.3) is 0 Å². The molecule has 1 aliphatic heterocycles. The molecule has 1 aromatic carbocycles. The Morgan fingerprint density at radius 1 is 1.38 bits per heavy atom. The second kappa shape index (κ2) is 4.73. The number of carbonyl (C=O) groups is 1. The molecule has 1 heterocycles. The van der Waals surface area contributed by atoms with Crippen molar-refractivity contribution in [1.82, 2.24) is 0 Å². The molecule has 0 aromatic heterocycles. The van der Waals surface area contributed by atoms with E-state index in [0.717, 1.165) is 0 Å². The summed E-state index contributed by atoms with van der Waals surface area (Å²) in [6.07, 6.45) is 0.340. The van der Waals surface area contributed by atoms with Crippen LogP contribution in [0.3, 0.4) is 0 Å². The van der Waals surface area contributed by atoms with Crippen LogP contribution in [-0.4, -0.2) is 17.8 Å². The van der Waals surface area contributed by atoms with Gasteiger partial charge in [0.2, 0.25) is 5.91 Å². The second-order valence-electron chi connectivity index (χ2n) is 3.52. The maximum absolute atomic E-state index is 11.7. The summed E-state index contributed by atoms with van der Waals surface area (Å²) in [6.45, 7) is 0.473. The summed E-state index contributed by atoms with van der Waals surface area (Å²) in [4.78, 5) is 13.3. The molecule has 1 saturated heterocycles. The number of carbonyl (C=O) groups excluding carboxylic acids is 1. The van der Waals surface area contributed by atoms with Crippen molar-refractivity contribution in [3.8, 4) is 0 Å². The molecule has 0 radical (unpaired) electrons. The zero-order valence-electron chi connectivity index (χ0n) is 8.01. The monoisotopic (exact) mass is 341 g/mol. The molecule has 2 nitrogen and oxygen atoms in total. The minimum Gasteiger partial charge on any atom is -0.308 e. The van der Waals surface area contributed by atoms with Crippen LogP contribution < -0.4 is 4.90 Å². The summed E-state index contributed by atoms with van der Waals surface area (Å²) in [5.41, 5.74) is 0.638. The molecule has 0 aliphatic carbocycles. The molecule has 1 aliphatic rings. The van der Waals surface area contributed by atoms with Gasteiger partial charge in [0, 0.05) is 22.5 Å². The summed E-state index contributed by atoms with van der Waals surface area (Å²) in [7, 11) is 0. The van der Waals surface area contributed by atoms with Crippen molar-refractivity contribution >= 4 is 62.3 Å². The third-order valence-corrected chi connectivity index (χ3v) is 3.73. The van der Waals surface area contributed by atoms with Crippen molar-refractivity contribution in [3.63, 3.8) is 0 Å². The van der Waals surface area contributed by atoms with Gasteiger partial charge in [0.25, 0.3) is 0 Å². The number of anilines is 1. The lowest BCUT2D eigenvalue weighted by molar-refractivity contribution is -0.117. The van der Waals surface area contributed by atoms with Crippen LogP contribution in [-0.2, 0) is 4.79 Å².